The zero-order valence-corrected chi connectivity index (χ0v) is 10.5. The first kappa shape index (κ1) is 12.3. The van der Waals surface area contributed by atoms with E-state index in [0.717, 1.165) is 0 Å². The molecule has 0 aliphatic carbocycles. The average molecular weight is 270 g/mol. The normalized spacial score (nSPS) is 10.8. The van der Waals surface area contributed by atoms with Crippen molar-refractivity contribution >= 4 is 11.5 Å². The molecule has 1 N–H and O–H groups in total. The van der Waals surface area contributed by atoms with Gasteiger partial charge in [-0.3, -0.25) is 0 Å². The van der Waals surface area contributed by atoms with Crippen LogP contribution in [0.15, 0.2) is 48.8 Å². The number of hydrogen-bond donors (Lipinski definition) is 1. The van der Waals surface area contributed by atoms with Crippen molar-refractivity contribution in [2.45, 2.75) is 6.42 Å². The lowest BCUT2D eigenvalue weighted by Crippen LogP contribution is -2.02. The van der Waals surface area contributed by atoms with Crippen molar-refractivity contribution in [3.05, 3.63) is 71.6 Å². The second-order valence-corrected chi connectivity index (χ2v) is 4.42. The number of carbonyl (C=O) groups is 1. The van der Waals surface area contributed by atoms with E-state index in [1.54, 1.807) is 34.9 Å². The van der Waals surface area contributed by atoms with Crippen LogP contribution >= 0.6 is 0 Å². The summed E-state index contributed by atoms with van der Waals surface area (Å²) in [6, 6.07) is 9.64. The van der Waals surface area contributed by atoms with Crippen LogP contribution in [0.4, 0.5) is 4.39 Å². The average Bonchev–Trinajstić information content (AvgIpc) is 2.84. The summed E-state index contributed by atoms with van der Waals surface area (Å²) in [5.41, 5.74) is 1.21. The van der Waals surface area contributed by atoms with Gasteiger partial charge in [-0.05, 0) is 23.8 Å². The number of aromatic nitrogens is 2. The fraction of sp³-hybridized carbons (Fsp3) is 0.0667. The molecular formula is C15H11FN2O2. The molecule has 2 heterocycles. The van der Waals surface area contributed by atoms with Crippen molar-refractivity contribution in [2.24, 2.45) is 0 Å². The first-order valence-corrected chi connectivity index (χ1v) is 6.08. The standard InChI is InChI=1S/C15H11FN2O2/c16-12-6-2-1-4-10(12)8-14-17-9-13-11(15(19)20)5-3-7-18(13)14/h1-7,9H,8H2,(H,19,20). The van der Waals surface area contributed by atoms with Gasteiger partial charge in [0.05, 0.1) is 17.3 Å². The van der Waals surface area contributed by atoms with Crippen molar-refractivity contribution in [1.82, 2.24) is 9.38 Å². The molecule has 0 bridgehead atoms. The molecule has 0 fully saturated rings. The molecule has 5 heteroatoms. The maximum Gasteiger partial charge on any atom is 0.337 e. The third-order valence-corrected chi connectivity index (χ3v) is 3.18. The van der Waals surface area contributed by atoms with E-state index in [4.69, 9.17) is 5.11 Å². The number of benzene rings is 1. The third-order valence-electron chi connectivity index (χ3n) is 3.18. The van der Waals surface area contributed by atoms with Gasteiger partial charge in [0.25, 0.3) is 0 Å². The topological polar surface area (TPSA) is 54.6 Å². The zero-order chi connectivity index (χ0) is 14.1. The lowest BCUT2D eigenvalue weighted by Gasteiger charge is -2.04. The van der Waals surface area contributed by atoms with Crippen molar-refractivity contribution in [1.29, 1.82) is 0 Å². The maximum absolute atomic E-state index is 13.7. The Morgan fingerprint density at radius 2 is 2.05 bits per heavy atom. The van der Waals surface area contributed by atoms with Crippen LogP contribution in [0, 0.1) is 5.82 Å². The van der Waals surface area contributed by atoms with E-state index >= 15 is 0 Å². The van der Waals surface area contributed by atoms with Gasteiger partial charge < -0.3 is 9.51 Å². The number of nitrogens with zero attached hydrogens (tertiary/aromatic N) is 2. The number of carboxylic acid groups (broad SMARTS) is 1. The monoisotopic (exact) mass is 270 g/mol. The number of hydrogen-bond acceptors (Lipinski definition) is 2. The smallest absolute Gasteiger partial charge is 0.337 e. The van der Waals surface area contributed by atoms with E-state index in [0.29, 0.717) is 23.3 Å². The Labute approximate surface area is 114 Å². The van der Waals surface area contributed by atoms with Crippen LogP contribution in [0.5, 0.6) is 0 Å². The highest BCUT2D eigenvalue weighted by Crippen LogP contribution is 2.17. The molecule has 0 saturated heterocycles. The molecule has 0 aliphatic heterocycles. The molecule has 20 heavy (non-hydrogen) atoms. The molecule has 4 nitrogen and oxygen atoms in total. The number of halogens is 1. The van der Waals surface area contributed by atoms with E-state index in [9.17, 15) is 9.18 Å². The SMILES string of the molecule is O=C(O)c1cccn2c(Cc3ccccc3F)ncc12. The van der Waals surface area contributed by atoms with Crippen molar-refractivity contribution in [3.63, 3.8) is 0 Å². The van der Waals surface area contributed by atoms with Gasteiger partial charge >= 0.3 is 5.97 Å². The lowest BCUT2D eigenvalue weighted by atomic mass is 10.1. The number of rotatable bonds is 3. The molecule has 1 aromatic carbocycles. The van der Waals surface area contributed by atoms with Crippen molar-refractivity contribution in [3.8, 4) is 0 Å². The first-order chi connectivity index (χ1) is 9.66. The van der Waals surface area contributed by atoms with Crippen LogP contribution in [0.3, 0.4) is 0 Å². The van der Waals surface area contributed by atoms with Crippen LogP contribution in [0.2, 0.25) is 0 Å². The molecule has 3 rings (SSSR count). The largest absolute Gasteiger partial charge is 0.478 e. The van der Waals surface area contributed by atoms with Crippen LogP contribution in [-0.2, 0) is 6.42 Å². The molecule has 0 radical (unpaired) electrons. The summed E-state index contributed by atoms with van der Waals surface area (Å²) in [4.78, 5) is 15.3. The van der Waals surface area contributed by atoms with Gasteiger partial charge in [0.2, 0.25) is 0 Å². The van der Waals surface area contributed by atoms with E-state index in [2.05, 4.69) is 4.98 Å². The summed E-state index contributed by atoms with van der Waals surface area (Å²) in [7, 11) is 0. The minimum atomic E-state index is -1.01. The number of carboxylic acids is 1. The summed E-state index contributed by atoms with van der Waals surface area (Å²) in [6.45, 7) is 0. The first-order valence-electron chi connectivity index (χ1n) is 6.08. The Morgan fingerprint density at radius 1 is 1.25 bits per heavy atom. The van der Waals surface area contributed by atoms with Crippen molar-refractivity contribution < 1.29 is 14.3 Å². The Kier molecular flexibility index (Phi) is 2.95. The van der Waals surface area contributed by atoms with E-state index in [-0.39, 0.29) is 11.4 Å². The predicted octanol–water partition coefficient (Wildman–Crippen LogP) is 2.76. The van der Waals surface area contributed by atoms with E-state index < -0.39 is 5.97 Å². The number of fused-ring (bicyclic) bond motifs is 1. The van der Waals surface area contributed by atoms with Gasteiger partial charge in [-0.25, -0.2) is 14.2 Å². The summed E-state index contributed by atoms with van der Waals surface area (Å²) in [5, 5.41) is 9.12. The number of pyridine rings is 1. The van der Waals surface area contributed by atoms with E-state index in [1.165, 1.54) is 18.3 Å². The Bertz CT molecular complexity index is 795. The quantitative estimate of drug-likeness (QED) is 0.796. The van der Waals surface area contributed by atoms with Crippen LogP contribution in [-0.4, -0.2) is 20.5 Å². The highest BCUT2D eigenvalue weighted by atomic mass is 19.1. The van der Waals surface area contributed by atoms with Gasteiger partial charge in [0.1, 0.15) is 11.6 Å². The maximum atomic E-state index is 13.7. The van der Waals surface area contributed by atoms with Gasteiger partial charge in [0.15, 0.2) is 0 Å². The van der Waals surface area contributed by atoms with Gasteiger partial charge in [0, 0.05) is 12.6 Å². The second-order valence-electron chi connectivity index (χ2n) is 4.42. The fourth-order valence-corrected chi connectivity index (χ4v) is 2.20. The highest BCUT2D eigenvalue weighted by Gasteiger charge is 2.13. The summed E-state index contributed by atoms with van der Waals surface area (Å²) in [6.07, 6.45) is 3.54. The third kappa shape index (κ3) is 2.03. The van der Waals surface area contributed by atoms with E-state index in [1.807, 2.05) is 0 Å². The molecule has 0 spiro atoms. The number of aromatic carboxylic acids is 1. The van der Waals surface area contributed by atoms with Gasteiger partial charge in [-0.15, -0.1) is 0 Å². The molecule has 0 amide bonds. The van der Waals surface area contributed by atoms with Gasteiger partial charge in [-0.2, -0.15) is 0 Å². The fourth-order valence-electron chi connectivity index (χ4n) is 2.20. The molecular weight excluding hydrogens is 259 g/mol. The summed E-state index contributed by atoms with van der Waals surface area (Å²) < 4.78 is 15.3. The number of imidazole rings is 1. The molecule has 0 aliphatic rings. The minimum absolute atomic E-state index is 0.180. The molecule has 0 atom stereocenters. The molecule has 3 aromatic rings. The second kappa shape index (κ2) is 4.77. The Morgan fingerprint density at radius 3 is 2.80 bits per heavy atom. The predicted molar refractivity (Wildman–Crippen MR) is 71.4 cm³/mol. The van der Waals surface area contributed by atoms with Crippen molar-refractivity contribution in [2.75, 3.05) is 0 Å². The van der Waals surface area contributed by atoms with Crippen LogP contribution in [0.1, 0.15) is 21.7 Å². The zero-order valence-electron chi connectivity index (χ0n) is 10.5. The molecule has 100 valence electrons. The van der Waals surface area contributed by atoms with Crippen LogP contribution < -0.4 is 0 Å². The highest BCUT2D eigenvalue weighted by molar-refractivity contribution is 5.95. The Balaban J connectivity index is 2.08. The molecule has 0 unspecified atom stereocenters. The van der Waals surface area contributed by atoms with Crippen LogP contribution in [0.25, 0.3) is 5.52 Å². The summed E-state index contributed by atoms with van der Waals surface area (Å²) in [5.74, 6) is -0.695. The minimum Gasteiger partial charge on any atom is -0.478 e. The molecule has 0 saturated carbocycles. The lowest BCUT2D eigenvalue weighted by molar-refractivity contribution is 0.0698. The Hall–Kier alpha value is -2.69. The summed E-state index contributed by atoms with van der Waals surface area (Å²) >= 11 is 0. The van der Waals surface area contributed by atoms with Gasteiger partial charge in [-0.1, -0.05) is 18.2 Å². The molecule has 2 aromatic heterocycles.